The maximum atomic E-state index is 11.3. The molecule has 0 aromatic carbocycles. The average molecular weight is 230 g/mol. The summed E-state index contributed by atoms with van der Waals surface area (Å²) >= 11 is 4.95. The van der Waals surface area contributed by atoms with Crippen LogP contribution in [0.3, 0.4) is 0 Å². The van der Waals surface area contributed by atoms with Crippen molar-refractivity contribution in [3.05, 3.63) is 0 Å². The van der Waals surface area contributed by atoms with Crippen LogP contribution in [0.25, 0.3) is 0 Å². The number of rotatable bonds is 2. The van der Waals surface area contributed by atoms with Crippen LogP contribution in [-0.2, 0) is 0 Å². The van der Waals surface area contributed by atoms with Crippen molar-refractivity contribution in [2.45, 2.75) is 13.0 Å². The number of nitrogens with zero attached hydrogens (tertiary/aromatic N) is 2. The van der Waals surface area contributed by atoms with Crippen molar-refractivity contribution in [1.29, 1.82) is 0 Å². The Bertz CT molecular complexity index is 250. The van der Waals surface area contributed by atoms with Crippen molar-refractivity contribution >= 4 is 23.2 Å². The highest BCUT2D eigenvalue weighted by atomic mass is 32.1. The van der Waals surface area contributed by atoms with Crippen LogP contribution in [0.15, 0.2) is 0 Å². The van der Waals surface area contributed by atoms with Gasteiger partial charge in [-0.15, -0.1) is 0 Å². The van der Waals surface area contributed by atoms with Gasteiger partial charge in [-0.05, 0) is 6.92 Å². The summed E-state index contributed by atoms with van der Waals surface area (Å²) in [5.74, 6) is 0. The molecule has 0 aromatic rings. The average Bonchev–Trinajstić information content (AvgIpc) is 2.27. The lowest BCUT2D eigenvalue weighted by molar-refractivity contribution is 0.133. The minimum absolute atomic E-state index is 0.0161. The molecule has 1 unspecified atom stereocenters. The van der Waals surface area contributed by atoms with E-state index >= 15 is 0 Å². The monoisotopic (exact) mass is 230 g/mol. The number of urea groups is 1. The van der Waals surface area contributed by atoms with Crippen LogP contribution >= 0.6 is 12.2 Å². The summed E-state index contributed by atoms with van der Waals surface area (Å²) in [5, 5.41) is 2.62. The molecule has 0 bridgehead atoms. The predicted octanol–water partition coefficient (Wildman–Crippen LogP) is -0.382. The Hall–Kier alpha value is -0.880. The molecule has 2 amide bonds. The minimum atomic E-state index is -0.0161. The van der Waals surface area contributed by atoms with E-state index in [0.29, 0.717) is 4.99 Å². The second-order valence-corrected chi connectivity index (χ2v) is 4.13. The number of carbonyl (C=O) groups excluding carboxylic acids is 1. The predicted molar refractivity (Wildman–Crippen MR) is 63.8 cm³/mol. The van der Waals surface area contributed by atoms with Gasteiger partial charge in [0, 0.05) is 33.2 Å². The highest BCUT2D eigenvalue weighted by Gasteiger charge is 2.24. The van der Waals surface area contributed by atoms with Gasteiger partial charge in [-0.3, -0.25) is 4.90 Å². The Morgan fingerprint density at radius 3 is 2.33 bits per heavy atom. The number of nitrogens with two attached hydrogens (primary N) is 1. The summed E-state index contributed by atoms with van der Waals surface area (Å²) in [5.41, 5.74) is 5.58. The zero-order valence-electron chi connectivity index (χ0n) is 9.19. The van der Waals surface area contributed by atoms with Crippen LogP contribution in [0.5, 0.6) is 0 Å². The molecule has 0 radical (unpaired) electrons. The first-order chi connectivity index (χ1) is 7.06. The van der Waals surface area contributed by atoms with E-state index in [1.807, 2.05) is 6.92 Å². The normalized spacial score (nSPS) is 19.7. The molecule has 86 valence electrons. The fraction of sp³-hybridized carbons (Fsp3) is 0.778. The van der Waals surface area contributed by atoms with Crippen molar-refractivity contribution in [2.75, 3.05) is 33.2 Å². The van der Waals surface area contributed by atoms with Crippen molar-refractivity contribution < 1.29 is 4.79 Å². The number of amides is 2. The molecule has 1 heterocycles. The summed E-state index contributed by atoms with van der Waals surface area (Å²) in [6, 6.07) is 0.101. The lowest BCUT2D eigenvalue weighted by Gasteiger charge is -2.37. The first-order valence-corrected chi connectivity index (χ1v) is 5.47. The van der Waals surface area contributed by atoms with Crippen LogP contribution in [0.1, 0.15) is 6.92 Å². The molecule has 1 atom stereocenters. The molecule has 1 fully saturated rings. The van der Waals surface area contributed by atoms with Crippen molar-refractivity contribution in [3.8, 4) is 0 Å². The maximum Gasteiger partial charge on any atom is 0.317 e. The second kappa shape index (κ2) is 5.27. The second-order valence-electron chi connectivity index (χ2n) is 3.66. The number of nitrogens with one attached hydrogen (secondary N) is 1. The molecule has 1 aliphatic heterocycles. The summed E-state index contributed by atoms with van der Waals surface area (Å²) in [4.78, 5) is 15.8. The minimum Gasteiger partial charge on any atom is -0.392 e. The van der Waals surface area contributed by atoms with E-state index in [4.69, 9.17) is 18.0 Å². The molecule has 1 saturated heterocycles. The summed E-state index contributed by atoms with van der Waals surface area (Å²) < 4.78 is 0. The third-order valence-electron chi connectivity index (χ3n) is 2.77. The third-order valence-corrected chi connectivity index (χ3v) is 3.12. The van der Waals surface area contributed by atoms with Gasteiger partial charge < -0.3 is 16.0 Å². The van der Waals surface area contributed by atoms with Crippen LogP contribution in [0.4, 0.5) is 4.79 Å². The van der Waals surface area contributed by atoms with Gasteiger partial charge in [0.05, 0.1) is 11.0 Å². The molecule has 0 aliphatic carbocycles. The maximum absolute atomic E-state index is 11.3. The number of carbonyl (C=O) groups is 1. The number of hydrogen-bond donors (Lipinski definition) is 2. The molecule has 15 heavy (non-hydrogen) atoms. The highest BCUT2D eigenvalue weighted by Crippen LogP contribution is 2.06. The zero-order chi connectivity index (χ0) is 11.4. The number of thiocarbonyl (C=S) groups is 1. The molecule has 0 spiro atoms. The van der Waals surface area contributed by atoms with Crippen LogP contribution in [0, 0.1) is 0 Å². The Labute approximate surface area is 95.6 Å². The van der Waals surface area contributed by atoms with E-state index in [1.165, 1.54) is 0 Å². The molecule has 0 aromatic heterocycles. The van der Waals surface area contributed by atoms with E-state index < -0.39 is 0 Å². The van der Waals surface area contributed by atoms with Crippen LogP contribution in [0.2, 0.25) is 0 Å². The highest BCUT2D eigenvalue weighted by molar-refractivity contribution is 7.80. The first-order valence-electron chi connectivity index (χ1n) is 5.06. The van der Waals surface area contributed by atoms with Gasteiger partial charge >= 0.3 is 6.03 Å². The molecular formula is C9H18N4OS. The molecule has 3 N–H and O–H groups in total. The molecular weight excluding hydrogens is 212 g/mol. The smallest absolute Gasteiger partial charge is 0.317 e. The van der Waals surface area contributed by atoms with Gasteiger partial charge in [0.2, 0.25) is 0 Å². The lowest BCUT2D eigenvalue weighted by atomic mass is 10.2. The third kappa shape index (κ3) is 3.04. The van der Waals surface area contributed by atoms with Crippen molar-refractivity contribution in [1.82, 2.24) is 15.1 Å². The Balaban J connectivity index is 2.42. The van der Waals surface area contributed by atoms with E-state index in [2.05, 4.69) is 10.2 Å². The largest absolute Gasteiger partial charge is 0.392 e. The van der Waals surface area contributed by atoms with Gasteiger partial charge in [-0.1, -0.05) is 12.2 Å². The van der Waals surface area contributed by atoms with E-state index in [1.54, 1.807) is 11.9 Å². The fourth-order valence-corrected chi connectivity index (χ4v) is 1.80. The topological polar surface area (TPSA) is 61.6 Å². The Kier molecular flexibility index (Phi) is 4.28. The molecule has 5 nitrogen and oxygen atoms in total. The van der Waals surface area contributed by atoms with Gasteiger partial charge in [0.15, 0.2) is 0 Å². The van der Waals surface area contributed by atoms with E-state index in [-0.39, 0.29) is 12.1 Å². The SMILES string of the molecule is CNC(=O)N1CCN(C(C)C(N)=S)CC1. The van der Waals surface area contributed by atoms with Gasteiger partial charge in [0.1, 0.15) is 0 Å². The quantitative estimate of drug-likeness (QED) is 0.635. The lowest BCUT2D eigenvalue weighted by Crippen LogP contribution is -2.55. The number of hydrogen-bond acceptors (Lipinski definition) is 3. The van der Waals surface area contributed by atoms with Crippen LogP contribution < -0.4 is 11.1 Å². The van der Waals surface area contributed by atoms with E-state index in [0.717, 1.165) is 26.2 Å². The first kappa shape index (κ1) is 12.2. The van der Waals surface area contributed by atoms with Gasteiger partial charge in [-0.2, -0.15) is 0 Å². The molecule has 1 aliphatic rings. The Morgan fingerprint density at radius 1 is 1.40 bits per heavy atom. The van der Waals surface area contributed by atoms with Crippen molar-refractivity contribution in [2.24, 2.45) is 5.73 Å². The van der Waals surface area contributed by atoms with Gasteiger partial charge in [-0.25, -0.2) is 4.79 Å². The van der Waals surface area contributed by atoms with Crippen molar-refractivity contribution in [3.63, 3.8) is 0 Å². The standard InChI is InChI=1S/C9H18N4OS/c1-7(8(10)15)12-3-5-13(6-4-12)9(14)11-2/h7H,3-6H2,1-2H3,(H2,10,15)(H,11,14). The van der Waals surface area contributed by atoms with Gasteiger partial charge in [0.25, 0.3) is 0 Å². The number of piperazine rings is 1. The Morgan fingerprint density at radius 2 is 1.93 bits per heavy atom. The molecule has 6 heteroatoms. The fourth-order valence-electron chi connectivity index (χ4n) is 1.65. The molecule has 1 rings (SSSR count). The van der Waals surface area contributed by atoms with Crippen LogP contribution in [-0.4, -0.2) is 60.1 Å². The zero-order valence-corrected chi connectivity index (χ0v) is 10.0. The summed E-state index contributed by atoms with van der Waals surface area (Å²) in [6.07, 6.45) is 0. The van der Waals surface area contributed by atoms with E-state index in [9.17, 15) is 4.79 Å². The summed E-state index contributed by atoms with van der Waals surface area (Å²) in [6.45, 7) is 5.11. The molecule has 0 saturated carbocycles. The summed E-state index contributed by atoms with van der Waals surface area (Å²) in [7, 11) is 1.65.